The molecule has 13 heteroatoms. The highest BCUT2D eigenvalue weighted by Crippen LogP contribution is 2.34. The number of rotatable bonds is 23. The van der Waals surface area contributed by atoms with Crippen LogP contribution in [0.25, 0.3) is 0 Å². The fourth-order valence-electron chi connectivity index (χ4n) is 4.58. The lowest BCUT2D eigenvalue weighted by Gasteiger charge is -2.23. The number of hydrogen-bond acceptors (Lipinski definition) is 11. The number of nitrogens with one attached hydrogen (secondary N) is 2. The van der Waals surface area contributed by atoms with Gasteiger partial charge in [-0.2, -0.15) is 11.8 Å². The predicted molar refractivity (Wildman–Crippen MR) is 252 cm³/mol. The van der Waals surface area contributed by atoms with Crippen molar-refractivity contribution in [1.29, 1.82) is 0 Å². The normalized spacial score (nSPS) is 10.4. The molecule has 0 spiro atoms. The Morgan fingerprint density at radius 1 is 0.780 bits per heavy atom. The van der Waals surface area contributed by atoms with E-state index >= 15 is 0 Å². The number of esters is 3. The highest BCUT2D eigenvalue weighted by atomic mass is 32.2. The first-order chi connectivity index (χ1) is 27.1. The van der Waals surface area contributed by atoms with Gasteiger partial charge in [-0.25, -0.2) is 4.79 Å². The van der Waals surface area contributed by atoms with Crippen LogP contribution in [0.4, 0.5) is 4.79 Å². The topological polar surface area (TPSA) is 150 Å². The molecule has 0 radical (unpaired) electrons. The van der Waals surface area contributed by atoms with Crippen LogP contribution in [0.15, 0.2) is 24.3 Å². The fourth-order valence-corrected chi connectivity index (χ4v) is 5.42. The van der Waals surface area contributed by atoms with Gasteiger partial charge in [0.2, 0.25) is 5.91 Å². The number of benzene rings is 1. The van der Waals surface area contributed by atoms with Gasteiger partial charge in [-0.3, -0.25) is 19.2 Å². The van der Waals surface area contributed by atoms with Crippen molar-refractivity contribution in [1.82, 2.24) is 15.5 Å². The van der Waals surface area contributed by atoms with Gasteiger partial charge in [-0.15, -0.1) is 0 Å². The van der Waals surface area contributed by atoms with Crippen LogP contribution in [-0.2, 0) is 46.6 Å². The van der Waals surface area contributed by atoms with Crippen LogP contribution in [0.2, 0.25) is 0 Å². The Kier molecular flexibility index (Phi) is 48.1. The number of ether oxygens (including phenoxy) is 4. The van der Waals surface area contributed by atoms with Crippen LogP contribution in [0.1, 0.15) is 181 Å². The molecule has 0 aliphatic carbocycles. The molecule has 1 aromatic rings. The molecule has 0 fully saturated rings. The SMILES string of the molecule is C.C.CC=CC.CCC.CCC.CNCCCN(C)C(=O)Oc1c(COC(C)=O)cc(C(CCCC(=O)NCCCCCCSC(C)C)OC(C)=O)cc1COC(C)=O.[HH].[HH]. The molecule has 0 aliphatic rings. The van der Waals surface area contributed by atoms with E-state index < -0.39 is 30.1 Å². The first-order valence-corrected chi connectivity index (χ1v) is 21.8. The van der Waals surface area contributed by atoms with E-state index in [-0.39, 0.29) is 49.0 Å². The molecule has 1 rings (SSSR count). The monoisotopic (exact) mass is 862 g/mol. The average Bonchev–Trinajstić information content (AvgIpc) is 3.14. The zero-order chi connectivity index (χ0) is 44.0. The van der Waals surface area contributed by atoms with Crippen molar-refractivity contribution in [3.05, 3.63) is 41.0 Å². The molecule has 12 nitrogen and oxygen atoms in total. The molecule has 0 saturated carbocycles. The van der Waals surface area contributed by atoms with E-state index in [9.17, 15) is 24.0 Å². The minimum absolute atomic E-state index is 0. The van der Waals surface area contributed by atoms with E-state index in [2.05, 4.69) is 52.2 Å². The molecule has 0 heterocycles. The fraction of sp³-hybridized carbons (Fsp3) is 0.717. The Hall–Kier alpha value is -3.58. The summed E-state index contributed by atoms with van der Waals surface area (Å²) >= 11 is 1.96. The third kappa shape index (κ3) is 39.6. The second-order valence-electron chi connectivity index (χ2n) is 13.7. The van der Waals surface area contributed by atoms with E-state index in [0.717, 1.165) is 25.0 Å². The van der Waals surface area contributed by atoms with Crippen molar-refractivity contribution < 1.29 is 45.8 Å². The summed E-state index contributed by atoms with van der Waals surface area (Å²) in [6, 6.07) is 3.27. The molecule has 2 amide bonds. The van der Waals surface area contributed by atoms with Gasteiger partial charge in [0.25, 0.3) is 0 Å². The van der Waals surface area contributed by atoms with E-state index in [4.69, 9.17) is 18.9 Å². The van der Waals surface area contributed by atoms with Crippen LogP contribution in [0.5, 0.6) is 5.75 Å². The van der Waals surface area contributed by atoms with Crippen molar-refractivity contribution in [2.75, 3.05) is 39.5 Å². The summed E-state index contributed by atoms with van der Waals surface area (Å²) in [6.07, 6.45) is 11.1. The first-order valence-electron chi connectivity index (χ1n) is 20.7. The second-order valence-corrected chi connectivity index (χ2v) is 15.4. The second kappa shape index (κ2) is 44.0. The minimum Gasteiger partial charge on any atom is -0.461 e. The molecular formula is C46H91N3O9S. The van der Waals surface area contributed by atoms with Gasteiger partial charge < -0.3 is 34.5 Å². The summed E-state index contributed by atoms with van der Waals surface area (Å²) in [6.45, 7) is 22.0. The van der Waals surface area contributed by atoms with Crippen molar-refractivity contribution in [2.45, 2.75) is 180 Å². The third-order valence-corrected chi connectivity index (χ3v) is 8.47. The average molecular weight is 862 g/mol. The van der Waals surface area contributed by atoms with Crippen molar-refractivity contribution >= 4 is 41.7 Å². The van der Waals surface area contributed by atoms with E-state index in [1.54, 1.807) is 19.2 Å². The van der Waals surface area contributed by atoms with Crippen LogP contribution in [0.3, 0.4) is 0 Å². The Labute approximate surface area is 368 Å². The van der Waals surface area contributed by atoms with Crippen molar-refractivity contribution in [3.8, 4) is 5.75 Å². The standard InChI is InChI=1S/C34H55N3O9S.C4H8.2C3H8.2CH4.2H2/c1-24(2)47-19-11-9-8-10-17-36-32(41)15-12-14-31(45-27(5)40)28-20-29(22-43-25(3)38)33(30(21-28)23-44-26(4)39)46-34(42)37(7)18-13-16-35-6;1-3-4-2;2*1-3-2;;;;/h20-21,24,31,35H,8-19,22-23H2,1-7H3,(H,36,41);3-4H,1-2H3;2*3H2,1-2H3;2*1H4;2*1H. The van der Waals surface area contributed by atoms with Crippen LogP contribution in [0, 0.1) is 0 Å². The highest BCUT2D eigenvalue weighted by molar-refractivity contribution is 7.99. The zero-order valence-electron chi connectivity index (χ0n) is 37.8. The summed E-state index contributed by atoms with van der Waals surface area (Å²) in [5.41, 5.74) is 1.17. The number of hydrogen-bond donors (Lipinski definition) is 2. The maximum Gasteiger partial charge on any atom is 0.414 e. The van der Waals surface area contributed by atoms with Crippen LogP contribution in [-0.4, -0.2) is 79.5 Å². The van der Waals surface area contributed by atoms with Gasteiger partial charge in [0.05, 0.1) is 0 Å². The Morgan fingerprint density at radius 2 is 1.29 bits per heavy atom. The van der Waals surface area contributed by atoms with Gasteiger partial charge in [0, 0.05) is 61.3 Å². The number of allylic oxidation sites excluding steroid dienone is 2. The summed E-state index contributed by atoms with van der Waals surface area (Å²) in [5, 5.41) is 6.64. The third-order valence-electron chi connectivity index (χ3n) is 7.28. The first kappa shape index (κ1) is 64.6. The Balaban J connectivity index is -0.000000376. The van der Waals surface area contributed by atoms with Gasteiger partial charge >= 0.3 is 24.0 Å². The van der Waals surface area contributed by atoms with Crippen molar-refractivity contribution in [3.63, 3.8) is 0 Å². The van der Waals surface area contributed by atoms with E-state index in [1.165, 1.54) is 44.9 Å². The zero-order valence-corrected chi connectivity index (χ0v) is 38.6. The smallest absolute Gasteiger partial charge is 0.414 e. The highest BCUT2D eigenvalue weighted by Gasteiger charge is 2.24. The summed E-state index contributed by atoms with van der Waals surface area (Å²) in [5.74, 6) is -0.451. The number of thioether (sulfide) groups is 1. The van der Waals surface area contributed by atoms with Gasteiger partial charge in [0.15, 0.2) is 0 Å². The van der Waals surface area contributed by atoms with Crippen LogP contribution >= 0.6 is 11.8 Å². The molecule has 0 saturated heterocycles. The number of carbonyl (C=O) groups excluding carboxylic acids is 5. The molecule has 0 aliphatic heterocycles. The largest absolute Gasteiger partial charge is 0.461 e. The Morgan fingerprint density at radius 3 is 1.73 bits per heavy atom. The molecular weight excluding hydrogens is 771 g/mol. The van der Waals surface area contributed by atoms with E-state index in [1.807, 2.05) is 44.8 Å². The van der Waals surface area contributed by atoms with Gasteiger partial charge in [-0.05, 0) is 88.2 Å². The van der Waals surface area contributed by atoms with Crippen molar-refractivity contribution in [2.24, 2.45) is 0 Å². The number of carbonyl (C=O) groups is 5. The maximum atomic E-state index is 13.0. The molecule has 0 aromatic heterocycles. The molecule has 350 valence electrons. The molecule has 0 bridgehead atoms. The van der Waals surface area contributed by atoms with E-state index in [0.29, 0.717) is 60.8 Å². The molecule has 1 unspecified atom stereocenters. The minimum atomic E-state index is -0.759. The van der Waals surface area contributed by atoms with Gasteiger partial charge in [-0.1, -0.05) is 94.2 Å². The molecule has 2 N–H and O–H groups in total. The maximum absolute atomic E-state index is 13.0. The van der Waals surface area contributed by atoms with Crippen LogP contribution < -0.4 is 15.4 Å². The lowest BCUT2D eigenvalue weighted by Crippen LogP contribution is -2.32. The lowest BCUT2D eigenvalue weighted by molar-refractivity contribution is -0.147. The summed E-state index contributed by atoms with van der Waals surface area (Å²) in [4.78, 5) is 62.5. The lowest BCUT2D eigenvalue weighted by atomic mass is 9.97. The number of amides is 2. The van der Waals surface area contributed by atoms with Gasteiger partial charge in [0.1, 0.15) is 25.1 Å². The Bertz CT molecular complexity index is 1230. The summed E-state index contributed by atoms with van der Waals surface area (Å²) < 4.78 is 21.9. The number of nitrogens with zero attached hydrogens (tertiary/aromatic N) is 1. The molecule has 1 aromatic carbocycles. The molecule has 1 atom stereocenters. The predicted octanol–water partition coefficient (Wildman–Crippen LogP) is 11.6. The quantitative estimate of drug-likeness (QED) is 0.0468. The number of unbranched alkanes of at least 4 members (excludes halogenated alkanes) is 3. The molecule has 59 heavy (non-hydrogen) atoms. The summed E-state index contributed by atoms with van der Waals surface area (Å²) in [7, 11) is 3.42.